The average molecular weight is 273 g/mol. The van der Waals surface area contributed by atoms with E-state index in [2.05, 4.69) is 20.7 Å². The molecule has 0 aliphatic heterocycles. The maximum atomic E-state index is 11.3. The predicted octanol–water partition coefficient (Wildman–Crippen LogP) is 2.51. The van der Waals surface area contributed by atoms with Crippen LogP contribution in [0.4, 0.5) is 0 Å². The number of rotatable bonds is 4. The van der Waals surface area contributed by atoms with Crippen LogP contribution in [0.25, 0.3) is 0 Å². The summed E-state index contributed by atoms with van der Waals surface area (Å²) in [4.78, 5) is 11.3. The monoisotopic (exact) mass is 272 g/mol. The third-order valence-corrected chi connectivity index (χ3v) is 2.63. The Balaban J connectivity index is 2.89. The highest BCUT2D eigenvalue weighted by atomic mass is 79.9. The highest BCUT2D eigenvalue weighted by molar-refractivity contribution is 9.09. The van der Waals surface area contributed by atoms with Gasteiger partial charge in [-0.1, -0.05) is 22.0 Å². The summed E-state index contributed by atoms with van der Waals surface area (Å²) in [6.07, 6.45) is 1.86. The number of aryl methyl sites for hydroxylation is 1. The second-order valence-corrected chi connectivity index (χ2v) is 3.93. The van der Waals surface area contributed by atoms with Crippen molar-refractivity contribution in [2.75, 3.05) is 12.4 Å². The Morgan fingerprint density at radius 1 is 1.53 bits per heavy atom. The zero-order valence-electron chi connectivity index (χ0n) is 8.50. The molecule has 0 unspecified atom stereocenters. The minimum atomic E-state index is -0.506. The number of hydrogen-bond donors (Lipinski definition) is 1. The number of ether oxygens (including phenoxy) is 1. The number of alkyl halides is 1. The van der Waals surface area contributed by atoms with E-state index in [-0.39, 0.29) is 11.3 Å². The number of benzene rings is 1. The fraction of sp³-hybridized carbons (Fsp3) is 0.364. The summed E-state index contributed by atoms with van der Waals surface area (Å²) in [7, 11) is 1.30. The number of phenolic OH excluding ortho intramolecular Hbond substituents is 1. The molecule has 0 saturated carbocycles. The van der Waals surface area contributed by atoms with Crippen LogP contribution in [0.1, 0.15) is 22.3 Å². The van der Waals surface area contributed by atoms with E-state index in [1.807, 2.05) is 6.07 Å². The van der Waals surface area contributed by atoms with Gasteiger partial charge in [0, 0.05) is 5.33 Å². The molecule has 0 radical (unpaired) electrons. The lowest BCUT2D eigenvalue weighted by atomic mass is 10.1. The van der Waals surface area contributed by atoms with E-state index in [4.69, 9.17) is 0 Å². The number of aromatic hydroxyl groups is 1. The molecule has 0 bridgehead atoms. The lowest BCUT2D eigenvalue weighted by Crippen LogP contribution is -2.02. The molecule has 1 aromatic rings. The maximum Gasteiger partial charge on any atom is 0.341 e. The van der Waals surface area contributed by atoms with E-state index in [9.17, 15) is 9.90 Å². The topological polar surface area (TPSA) is 46.5 Å². The molecule has 0 saturated heterocycles. The fourth-order valence-electron chi connectivity index (χ4n) is 1.28. The van der Waals surface area contributed by atoms with Crippen molar-refractivity contribution in [3.05, 3.63) is 29.3 Å². The molecule has 0 amide bonds. The van der Waals surface area contributed by atoms with Gasteiger partial charge in [-0.3, -0.25) is 0 Å². The Morgan fingerprint density at radius 2 is 2.27 bits per heavy atom. The molecule has 0 aliphatic carbocycles. The number of hydrogen-bond acceptors (Lipinski definition) is 3. The van der Waals surface area contributed by atoms with Crippen LogP contribution in [0.5, 0.6) is 5.75 Å². The summed E-state index contributed by atoms with van der Waals surface area (Å²) in [5, 5.41) is 10.4. The summed E-state index contributed by atoms with van der Waals surface area (Å²) < 4.78 is 4.57. The molecule has 0 spiro atoms. The number of carbonyl (C=O) groups is 1. The number of methoxy groups -OCH3 is 1. The number of carbonyl (C=O) groups excluding carboxylic acids is 1. The van der Waals surface area contributed by atoms with Gasteiger partial charge < -0.3 is 9.84 Å². The molecule has 1 N–H and O–H groups in total. The lowest BCUT2D eigenvalue weighted by molar-refractivity contribution is 0.0597. The van der Waals surface area contributed by atoms with Gasteiger partial charge in [0.15, 0.2) is 0 Å². The summed E-state index contributed by atoms with van der Waals surface area (Å²) in [6, 6.07) is 5.00. The average Bonchev–Trinajstić information content (AvgIpc) is 2.27. The molecule has 1 aromatic carbocycles. The normalized spacial score (nSPS) is 10.0. The van der Waals surface area contributed by atoms with Crippen molar-refractivity contribution in [3.63, 3.8) is 0 Å². The fourth-order valence-corrected chi connectivity index (χ4v) is 1.56. The largest absolute Gasteiger partial charge is 0.507 e. The summed E-state index contributed by atoms with van der Waals surface area (Å²) in [5.74, 6) is -0.544. The molecule has 0 atom stereocenters. The van der Waals surface area contributed by atoms with Gasteiger partial charge in [0.2, 0.25) is 0 Å². The molecule has 3 nitrogen and oxygen atoms in total. The molecule has 0 aromatic heterocycles. The van der Waals surface area contributed by atoms with Crippen LogP contribution in [-0.2, 0) is 11.2 Å². The van der Waals surface area contributed by atoms with Crippen LogP contribution in [0.15, 0.2) is 18.2 Å². The smallest absolute Gasteiger partial charge is 0.341 e. The van der Waals surface area contributed by atoms with Crippen molar-refractivity contribution in [2.24, 2.45) is 0 Å². The first-order chi connectivity index (χ1) is 7.19. The molecule has 15 heavy (non-hydrogen) atoms. The highest BCUT2D eigenvalue weighted by Gasteiger charge is 2.11. The predicted molar refractivity (Wildman–Crippen MR) is 61.6 cm³/mol. The van der Waals surface area contributed by atoms with Crippen LogP contribution in [-0.4, -0.2) is 23.5 Å². The van der Waals surface area contributed by atoms with E-state index in [1.165, 1.54) is 13.2 Å². The van der Waals surface area contributed by atoms with Crippen molar-refractivity contribution in [3.8, 4) is 5.75 Å². The van der Waals surface area contributed by atoms with Gasteiger partial charge in [-0.15, -0.1) is 0 Å². The Bertz CT molecular complexity index is 350. The first-order valence-corrected chi connectivity index (χ1v) is 5.77. The van der Waals surface area contributed by atoms with Gasteiger partial charge in [-0.05, 0) is 30.5 Å². The van der Waals surface area contributed by atoms with Crippen LogP contribution in [0.2, 0.25) is 0 Å². The van der Waals surface area contributed by atoms with Crippen LogP contribution >= 0.6 is 15.9 Å². The van der Waals surface area contributed by atoms with Gasteiger partial charge in [0.1, 0.15) is 11.3 Å². The first kappa shape index (κ1) is 12.0. The Hall–Kier alpha value is -1.03. The second-order valence-electron chi connectivity index (χ2n) is 3.14. The number of phenols is 1. The molecule has 0 heterocycles. The SMILES string of the molecule is COC(=O)c1cc(CCCBr)ccc1O. The molecule has 82 valence electrons. The minimum absolute atomic E-state index is 0.0376. The van der Waals surface area contributed by atoms with E-state index in [0.29, 0.717) is 0 Å². The Morgan fingerprint density at radius 3 is 2.87 bits per heavy atom. The lowest BCUT2D eigenvalue weighted by Gasteiger charge is -2.05. The first-order valence-electron chi connectivity index (χ1n) is 4.65. The summed E-state index contributed by atoms with van der Waals surface area (Å²) in [6.45, 7) is 0. The second kappa shape index (κ2) is 5.75. The molecule has 0 aliphatic rings. The van der Waals surface area contributed by atoms with Crippen molar-refractivity contribution in [1.82, 2.24) is 0 Å². The number of halogens is 1. The molecule has 4 heteroatoms. The van der Waals surface area contributed by atoms with Crippen molar-refractivity contribution >= 4 is 21.9 Å². The zero-order chi connectivity index (χ0) is 11.3. The van der Waals surface area contributed by atoms with Crippen molar-refractivity contribution in [1.29, 1.82) is 0 Å². The van der Waals surface area contributed by atoms with E-state index in [1.54, 1.807) is 6.07 Å². The third kappa shape index (κ3) is 3.23. The Kier molecular flexibility index (Phi) is 4.62. The standard InChI is InChI=1S/C11H13BrO3/c1-15-11(14)9-7-8(3-2-6-12)4-5-10(9)13/h4-5,7,13H,2-3,6H2,1H3. The maximum absolute atomic E-state index is 11.3. The van der Waals surface area contributed by atoms with Crippen LogP contribution < -0.4 is 0 Å². The van der Waals surface area contributed by atoms with Crippen molar-refractivity contribution < 1.29 is 14.6 Å². The van der Waals surface area contributed by atoms with Crippen molar-refractivity contribution in [2.45, 2.75) is 12.8 Å². The Labute approximate surface area is 97.2 Å². The van der Waals surface area contributed by atoms with E-state index < -0.39 is 5.97 Å². The van der Waals surface area contributed by atoms with Gasteiger partial charge in [0.05, 0.1) is 7.11 Å². The van der Waals surface area contributed by atoms with E-state index in [0.717, 1.165) is 23.7 Å². The van der Waals surface area contributed by atoms with E-state index >= 15 is 0 Å². The summed E-state index contributed by atoms with van der Waals surface area (Å²) >= 11 is 3.34. The van der Waals surface area contributed by atoms with Crippen LogP contribution in [0.3, 0.4) is 0 Å². The van der Waals surface area contributed by atoms with Gasteiger partial charge in [-0.25, -0.2) is 4.79 Å². The molecule has 1 rings (SSSR count). The van der Waals surface area contributed by atoms with Gasteiger partial charge >= 0.3 is 5.97 Å². The summed E-state index contributed by atoms with van der Waals surface area (Å²) in [5.41, 5.74) is 1.25. The molecule has 0 fully saturated rings. The van der Waals surface area contributed by atoms with Crippen LogP contribution in [0, 0.1) is 0 Å². The quantitative estimate of drug-likeness (QED) is 0.677. The third-order valence-electron chi connectivity index (χ3n) is 2.07. The highest BCUT2D eigenvalue weighted by Crippen LogP contribution is 2.20. The molecular weight excluding hydrogens is 260 g/mol. The van der Waals surface area contributed by atoms with Gasteiger partial charge in [-0.2, -0.15) is 0 Å². The molecular formula is C11H13BrO3. The van der Waals surface area contributed by atoms with Gasteiger partial charge in [0.25, 0.3) is 0 Å². The zero-order valence-corrected chi connectivity index (χ0v) is 10.1. The minimum Gasteiger partial charge on any atom is -0.507 e. The number of esters is 1.